The van der Waals surface area contributed by atoms with Gasteiger partial charge in [-0.25, -0.2) is 8.78 Å². The fourth-order valence-electron chi connectivity index (χ4n) is 6.02. The van der Waals surface area contributed by atoms with E-state index in [1.165, 1.54) is 54.3 Å². The van der Waals surface area contributed by atoms with E-state index in [1.54, 1.807) is 24.4 Å². The average molecular weight is 698 g/mol. The summed E-state index contributed by atoms with van der Waals surface area (Å²) in [7, 11) is 1.47. The molecule has 0 radical (unpaired) electrons. The summed E-state index contributed by atoms with van der Waals surface area (Å²) < 4.78 is 52.8. The number of ether oxygens (including phenoxy) is 4. The van der Waals surface area contributed by atoms with Crippen LogP contribution in [0.5, 0.6) is 23.0 Å². The minimum Gasteiger partial charge on any atom is -0.495 e. The van der Waals surface area contributed by atoms with Gasteiger partial charge in [0.2, 0.25) is 5.91 Å². The molecule has 0 saturated carbocycles. The second-order valence-electron chi connectivity index (χ2n) is 11.9. The zero-order valence-electron chi connectivity index (χ0n) is 27.5. The number of fused-ring (bicyclic) bond motifs is 2. The number of hydrogen-bond acceptors (Lipinski definition) is 9. The first-order valence-electron chi connectivity index (χ1n) is 16.3. The molecule has 51 heavy (non-hydrogen) atoms. The Morgan fingerprint density at radius 3 is 2.51 bits per heavy atom. The quantitative estimate of drug-likeness (QED) is 0.199. The van der Waals surface area contributed by atoms with Crippen LogP contribution in [0.1, 0.15) is 22.3 Å². The van der Waals surface area contributed by atoms with E-state index in [1.807, 2.05) is 0 Å². The standard InChI is InChI=1S/C37H33F2N5O7/c1-48-32-19-26-28(20-29(32)42-33(45)9-12-43-13-16-49-17-14-43)40-11-8-30(26)51-31-7-4-24(18-27(31)39)41-36(46)34-35-22(10-15-50-35)21-44(37(34)47)25-5-2-23(38)3-6-25/h2-8,11,18-21H,9-10,12-17H2,1H3,(H,41,46)(H,42,45). The number of amides is 2. The van der Waals surface area contributed by atoms with E-state index >= 15 is 4.39 Å². The maximum atomic E-state index is 15.5. The van der Waals surface area contributed by atoms with Crippen LogP contribution in [0.25, 0.3) is 16.6 Å². The maximum absolute atomic E-state index is 15.5. The van der Waals surface area contributed by atoms with Crippen molar-refractivity contribution in [1.82, 2.24) is 14.5 Å². The topological polar surface area (TPSA) is 133 Å². The molecule has 0 unspecified atom stereocenters. The Morgan fingerprint density at radius 2 is 1.75 bits per heavy atom. The molecule has 262 valence electrons. The van der Waals surface area contributed by atoms with Crippen LogP contribution in [0.15, 0.2) is 77.9 Å². The molecule has 4 heterocycles. The lowest BCUT2D eigenvalue weighted by molar-refractivity contribution is -0.116. The van der Waals surface area contributed by atoms with Crippen molar-refractivity contribution < 1.29 is 37.3 Å². The van der Waals surface area contributed by atoms with Crippen LogP contribution >= 0.6 is 0 Å². The first kappa shape index (κ1) is 33.6. The van der Waals surface area contributed by atoms with Crippen LogP contribution in [-0.4, -0.2) is 72.8 Å². The molecule has 2 aromatic heterocycles. The van der Waals surface area contributed by atoms with Gasteiger partial charge in [-0.05, 0) is 54.6 Å². The molecular weight excluding hydrogens is 664 g/mol. The van der Waals surface area contributed by atoms with Crippen molar-refractivity contribution >= 4 is 34.1 Å². The second kappa shape index (κ2) is 14.5. The highest BCUT2D eigenvalue weighted by Crippen LogP contribution is 2.37. The van der Waals surface area contributed by atoms with Crippen molar-refractivity contribution in [2.75, 3.05) is 57.2 Å². The summed E-state index contributed by atoms with van der Waals surface area (Å²) in [4.78, 5) is 46.3. The third-order valence-electron chi connectivity index (χ3n) is 8.65. The number of benzene rings is 3. The summed E-state index contributed by atoms with van der Waals surface area (Å²) in [5.41, 5.74) is 1.08. The Balaban J connectivity index is 1.08. The summed E-state index contributed by atoms with van der Waals surface area (Å²) >= 11 is 0. The van der Waals surface area contributed by atoms with Crippen LogP contribution in [0, 0.1) is 11.6 Å². The number of rotatable bonds is 10. The Kier molecular flexibility index (Phi) is 9.59. The van der Waals surface area contributed by atoms with E-state index in [-0.39, 0.29) is 41.0 Å². The van der Waals surface area contributed by atoms with Crippen LogP contribution in [0.3, 0.4) is 0 Å². The largest absolute Gasteiger partial charge is 0.495 e. The van der Waals surface area contributed by atoms with Gasteiger partial charge in [0.15, 0.2) is 11.6 Å². The molecule has 1 saturated heterocycles. The fraction of sp³-hybridized carbons (Fsp3) is 0.243. The van der Waals surface area contributed by atoms with E-state index in [9.17, 15) is 18.8 Å². The molecule has 2 aliphatic rings. The average Bonchev–Trinajstić information content (AvgIpc) is 3.60. The second-order valence-corrected chi connectivity index (χ2v) is 11.9. The van der Waals surface area contributed by atoms with Gasteiger partial charge < -0.3 is 29.6 Å². The van der Waals surface area contributed by atoms with Crippen molar-refractivity contribution in [2.45, 2.75) is 12.8 Å². The number of halogens is 2. The molecule has 2 amide bonds. The molecule has 5 aromatic rings. The van der Waals surface area contributed by atoms with Gasteiger partial charge in [0, 0.05) is 73.3 Å². The number of aromatic nitrogens is 2. The molecule has 0 atom stereocenters. The molecule has 0 aliphatic carbocycles. The van der Waals surface area contributed by atoms with Gasteiger partial charge in [-0.2, -0.15) is 0 Å². The van der Waals surface area contributed by atoms with E-state index in [0.717, 1.165) is 19.2 Å². The zero-order valence-corrected chi connectivity index (χ0v) is 27.5. The van der Waals surface area contributed by atoms with Gasteiger partial charge in [0.1, 0.15) is 28.6 Å². The smallest absolute Gasteiger partial charge is 0.271 e. The summed E-state index contributed by atoms with van der Waals surface area (Å²) in [6, 6.07) is 14.0. The van der Waals surface area contributed by atoms with Crippen molar-refractivity contribution in [2.24, 2.45) is 0 Å². The van der Waals surface area contributed by atoms with Gasteiger partial charge in [-0.3, -0.25) is 28.8 Å². The molecule has 2 N–H and O–H groups in total. The number of hydrogen-bond donors (Lipinski definition) is 2. The first-order chi connectivity index (χ1) is 24.8. The van der Waals surface area contributed by atoms with Crippen LogP contribution in [-0.2, 0) is 16.0 Å². The molecule has 14 heteroatoms. The van der Waals surface area contributed by atoms with Gasteiger partial charge in [0.25, 0.3) is 11.5 Å². The highest BCUT2D eigenvalue weighted by atomic mass is 19.1. The monoisotopic (exact) mass is 697 g/mol. The minimum absolute atomic E-state index is 0.0726. The van der Waals surface area contributed by atoms with Crippen molar-refractivity contribution in [3.8, 4) is 28.7 Å². The number of nitrogens with zero attached hydrogens (tertiary/aromatic N) is 3. The van der Waals surface area contributed by atoms with Gasteiger partial charge >= 0.3 is 0 Å². The lowest BCUT2D eigenvalue weighted by Crippen LogP contribution is -2.38. The molecule has 12 nitrogen and oxygen atoms in total. The molecule has 3 aromatic carbocycles. The van der Waals surface area contributed by atoms with Crippen LogP contribution in [0.2, 0.25) is 0 Å². The number of nitrogens with one attached hydrogen (secondary N) is 2. The molecule has 7 rings (SSSR count). The number of pyridine rings is 2. The van der Waals surface area contributed by atoms with E-state index < -0.39 is 23.1 Å². The molecule has 2 aliphatic heterocycles. The zero-order chi connectivity index (χ0) is 35.5. The number of anilines is 2. The number of methoxy groups -OCH3 is 1. The van der Waals surface area contributed by atoms with Crippen molar-refractivity contribution in [1.29, 1.82) is 0 Å². The number of carbonyl (C=O) groups is 2. The first-order valence-corrected chi connectivity index (χ1v) is 16.3. The van der Waals surface area contributed by atoms with Crippen molar-refractivity contribution in [3.05, 3.63) is 106 Å². The summed E-state index contributed by atoms with van der Waals surface area (Å²) in [5.74, 6) is -1.55. The van der Waals surface area contributed by atoms with Crippen LogP contribution < -0.4 is 30.4 Å². The molecule has 0 bridgehead atoms. The molecular formula is C37H33F2N5O7. The molecule has 0 spiro atoms. The number of carbonyl (C=O) groups excluding carboxylic acids is 2. The summed E-state index contributed by atoms with van der Waals surface area (Å²) in [6.45, 7) is 3.75. The third-order valence-corrected chi connectivity index (χ3v) is 8.65. The highest BCUT2D eigenvalue weighted by molar-refractivity contribution is 6.06. The summed E-state index contributed by atoms with van der Waals surface area (Å²) in [6.07, 6.45) is 3.84. The lowest BCUT2D eigenvalue weighted by Gasteiger charge is -2.26. The van der Waals surface area contributed by atoms with Gasteiger partial charge in [-0.1, -0.05) is 0 Å². The Hall–Kier alpha value is -5.86. The van der Waals surface area contributed by atoms with Gasteiger partial charge in [0.05, 0.1) is 38.1 Å². The maximum Gasteiger partial charge on any atom is 0.271 e. The normalized spacial score (nSPS) is 14.1. The summed E-state index contributed by atoms with van der Waals surface area (Å²) in [5, 5.41) is 5.99. The van der Waals surface area contributed by atoms with E-state index in [2.05, 4.69) is 20.5 Å². The van der Waals surface area contributed by atoms with E-state index in [4.69, 9.17) is 18.9 Å². The van der Waals surface area contributed by atoms with Crippen molar-refractivity contribution in [3.63, 3.8) is 0 Å². The fourth-order valence-corrected chi connectivity index (χ4v) is 6.02. The van der Waals surface area contributed by atoms with Crippen LogP contribution in [0.4, 0.5) is 20.2 Å². The number of morpholine rings is 1. The van der Waals surface area contributed by atoms with E-state index in [0.29, 0.717) is 66.2 Å². The predicted molar refractivity (Wildman–Crippen MR) is 184 cm³/mol. The third kappa shape index (κ3) is 7.23. The molecule has 1 fully saturated rings. The lowest BCUT2D eigenvalue weighted by atomic mass is 10.1. The van der Waals surface area contributed by atoms with Gasteiger partial charge in [-0.15, -0.1) is 0 Å². The Labute approximate surface area is 290 Å². The Bertz CT molecular complexity index is 2190. The predicted octanol–water partition coefficient (Wildman–Crippen LogP) is 5.31. The highest BCUT2D eigenvalue weighted by Gasteiger charge is 2.27. The SMILES string of the molecule is COc1cc2c(Oc3ccc(NC(=O)c4c5c(cn(-c6ccc(F)cc6)c4=O)CCO5)cc3F)ccnc2cc1NC(=O)CCN1CCOCC1. The Morgan fingerprint density at radius 1 is 0.941 bits per heavy atom. The minimum atomic E-state index is -0.793.